The van der Waals surface area contributed by atoms with E-state index in [1.54, 1.807) is 24.3 Å². The summed E-state index contributed by atoms with van der Waals surface area (Å²) < 4.78 is 0. The molecule has 1 amide bonds. The molecule has 0 unspecified atom stereocenters. The molecule has 0 aliphatic heterocycles. The van der Waals surface area contributed by atoms with E-state index in [1.807, 2.05) is 6.07 Å². The molecule has 0 atom stereocenters. The van der Waals surface area contributed by atoms with Crippen LogP contribution in [-0.4, -0.2) is 27.2 Å². The monoisotopic (exact) mass is 313 g/mol. The second-order valence-electron chi connectivity index (χ2n) is 5.90. The van der Waals surface area contributed by atoms with E-state index in [2.05, 4.69) is 15.5 Å². The third kappa shape index (κ3) is 3.77. The number of nitrogens with zero attached hydrogens (tertiary/aromatic N) is 1. The van der Waals surface area contributed by atoms with Gasteiger partial charge in [0.2, 0.25) is 5.91 Å². The normalized spacial score (nSPS) is 14.3. The van der Waals surface area contributed by atoms with E-state index in [9.17, 15) is 9.59 Å². The lowest BCUT2D eigenvalue weighted by atomic mass is 9.83. The number of carbonyl (C=O) groups excluding carboxylic acids is 1. The first-order valence-corrected chi connectivity index (χ1v) is 7.75. The van der Waals surface area contributed by atoms with Gasteiger partial charge in [-0.2, -0.15) is 5.10 Å². The van der Waals surface area contributed by atoms with Crippen LogP contribution < -0.4 is 5.32 Å². The number of aliphatic carboxylic acids is 1. The number of rotatable bonds is 6. The number of nitrogens with one attached hydrogen (secondary N) is 2. The molecule has 1 aromatic heterocycles. The van der Waals surface area contributed by atoms with Crippen molar-refractivity contribution in [3.05, 3.63) is 47.2 Å². The summed E-state index contributed by atoms with van der Waals surface area (Å²) in [6.45, 7) is 0. The van der Waals surface area contributed by atoms with Crippen LogP contribution in [0.15, 0.2) is 30.3 Å². The summed E-state index contributed by atoms with van der Waals surface area (Å²) in [4.78, 5) is 23.1. The van der Waals surface area contributed by atoms with Gasteiger partial charge in [-0.25, -0.2) is 0 Å². The number of aromatic amines is 1. The molecular weight excluding hydrogens is 294 g/mol. The maximum absolute atomic E-state index is 12.2. The van der Waals surface area contributed by atoms with Crippen molar-refractivity contribution in [1.29, 1.82) is 0 Å². The Bertz CT molecular complexity index is 719. The number of hydrogen-bond acceptors (Lipinski definition) is 3. The van der Waals surface area contributed by atoms with Gasteiger partial charge in [0.25, 0.3) is 0 Å². The van der Waals surface area contributed by atoms with Gasteiger partial charge in [-0.1, -0.05) is 30.7 Å². The lowest BCUT2D eigenvalue weighted by Gasteiger charge is -2.23. The number of aromatic nitrogens is 2. The van der Waals surface area contributed by atoms with Crippen molar-refractivity contribution in [1.82, 2.24) is 10.2 Å². The van der Waals surface area contributed by atoms with Crippen LogP contribution in [-0.2, 0) is 22.4 Å². The number of carboxylic acids is 1. The lowest BCUT2D eigenvalue weighted by Crippen LogP contribution is -2.16. The molecule has 0 spiro atoms. The number of H-pyrrole nitrogens is 1. The molecule has 0 radical (unpaired) electrons. The summed E-state index contributed by atoms with van der Waals surface area (Å²) in [5, 5.41) is 18.8. The number of carboxylic acid groups (broad SMARTS) is 1. The maximum Gasteiger partial charge on any atom is 0.307 e. The van der Waals surface area contributed by atoms with Gasteiger partial charge >= 0.3 is 5.97 Å². The van der Waals surface area contributed by atoms with Gasteiger partial charge in [0, 0.05) is 17.7 Å². The molecule has 2 aromatic rings. The molecule has 3 N–H and O–H groups in total. The van der Waals surface area contributed by atoms with Crippen molar-refractivity contribution in [2.45, 2.75) is 38.0 Å². The Hall–Kier alpha value is -2.63. The fourth-order valence-electron chi connectivity index (χ4n) is 2.75. The molecule has 6 heteroatoms. The van der Waals surface area contributed by atoms with Crippen LogP contribution >= 0.6 is 0 Å². The minimum atomic E-state index is -0.907. The molecule has 1 saturated carbocycles. The second kappa shape index (κ2) is 6.64. The molecule has 1 heterocycles. The lowest BCUT2D eigenvalue weighted by molar-refractivity contribution is -0.136. The van der Waals surface area contributed by atoms with Gasteiger partial charge in [-0.3, -0.25) is 14.7 Å². The molecule has 1 aliphatic carbocycles. The SMILES string of the molecule is O=C(O)Cc1ccccc1CC(=O)Nc1cc(C2CCC2)[nH]n1. The van der Waals surface area contributed by atoms with E-state index < -0.39 is 5.97 Å². The van der Waals surface area contributed by atoms with Crippen LogP contribution in [0, 0.1) is 0 Å². The molecule has 0 saturated heterocycles. The van der Waals surface area contributed by atoms with Gasteiger partial charge in [0.15, 0.2) is 5.82 Å². The summed E-state index contributed by atoms with van der Waals surface area (Å²) in [6, 6.07) is 8.97. The van der Waals surface area contributed by atoms with Crippen molar-refractivity contribution < 1.29 is 14.7 Å². The highest BCUT2D eigenvalue weighted by Gasteiger charge is 2.21. The Kier molecular flexibility index (Phi) is 4.41. The number of carbonyl (C=O) groups is 2. The summed E-state index contributed by atoms with van der Waals surface area (Å²) in [5.74, 6) is -0.0538. The van der Waals surface area contributed by atoms with Crippen molar-refractivity contribution in [2.75, 3.05) is 5.32 Å². The van der Waals surface area contributed by atoms with Gasteiger partial charge < -0.3 is 10.4 Å². The largest absolute Gasteiger partial charge is 0.481 e. The first kappa shape index (κ1) is 15.3. The van der Waals surface area contributed by atoms with E-state index in [1.165, 1.54) is 6.42 Å². The molecule has 1 fully saturated rings. The van der Waals surface area contributed by atoms with Crippen LogP contribution in [0.3, 0.4) is 0 Å². The number of benzene rings is 1. The fourth-order valence-corrected chi connectivity index (χ4v) is 2.75. The number of hydrogen-bond donors (Lipinski definition) is 3. The maximum atomic E-state index is 12.2. The summed E-state index contributed by atoms with van der Waals surface area (Å²) >= 11 is 0. The zero-order valence-electron chi connectivity index (χ0n) is 12.7. The smallest absolute Gasteiger partial charge is 0.307 e. The van der Waals surface area contributed by atoms with Crippen molar-refractivity contribution in [2.24, 2.45) is 0 Å². The predicted molar refractivity (Wildman–Crippen MR) is 85.3 cm³/mol. The molecule has 6 nitrogen and oxygen atoms in total. The molecule has 1 aliphatic rings. The zero-order valence-corrected chi connectivity index (χ0v) is 12.7. The van der Waals surface area contributed by atoms with Gasteiger partial charge in [0.1, 0.15) is 0 Å². The third-order valence-electron chi connectivity index (χ3n) is 4.22. The van der Waals surface area contributed by atoms with Gasteiger partial charge in [-0.05, 0) is 24.0 Å². The van der Waals surface area contributed by atoms with E-state index >= 15 is 0 Å². The van der Waals surface area contributed by atoms with E-state index in [4.69, 9.17) is 5.11 Å². The van der Waals surface area contributed by atoms with E-state index in [-0.39, 0.29) is 18.7 Å². The number of anilines is 1. The summed E-state index contributed by atoms with van der Waals surface area (Å²) in [5.41, 5.74) is 2.45. The molecule has 3 rings (SSSR count). The first-order valence-electron chi connectivity index (χ1n) is 7.75. The fraction of sp³-hybridized carbons (Fsp3) is 0.353. The van der Waals surface area contributed by atoms with Crippen molar-refractivity contribution in [3.63, 3.8) is 0 Å². The topological polar surface area (TPSA) is 95.1 Å². The van der Waals surface area contributed by atoms with E-state index in [0.717, 1.165) is 24.1 Å². The summed E-state index contributed by atoms with van der Waals surface area (Å²) in [7, 11) is 0. The third-order valence-corrected chi connectivity index (χ3v) is 4.22. The first-order chi connectivity index (χ1) is 11.1. The Morgan fingerprint density at radius 1 is 1.22 bits per heavy atom. The summed E-state index contributed by atoms with van der Waals surface area (Å²) in [6.07, 6.45) is 3.62. The van der Waals surface area contributed by atoms with Crippen LogP contribution in [0.4, 0.5) is 5.82 Å². The predicted octanol–water partition coefficient (Wildman–Crippen LogP) is 2.49. The average Bonchev–Trinajstić information content (AvgIpc) is 2.86. The Morgan fingerprint density at radius 2 is 1.91 bits per heavy atom. The van der Waals surface area contributed by atoms with Crippen molar-refractivity contribution >= 4 is 17.7 Å². The molecule has 23 heavy (non-hydrogen) atoms. The Labute approximate surface area is 133 Å². The number of amides is 1. The van der Waals surface area contributed by atoms with E-state index in [0.29, 0.717) is 17.3 Å². The molecule has 0 bridgehead atoms. The van der Waals surface area contributed by atoms with Gasteiger partial charge in [-0.15, -0.1) is 0 Å². The van der Waals surface area contributed by atoms with Crippen LogP contribution in [0.25, 0.3) is 0 Å². The molecular formula is C17H19N3O3. The quantitative estimate of drug-likeness (QED) is 0.763. The van der Waals surface area contributed by atoms with Crippen LogP contribution in [0.1, 0.15) is 42.0 Å². The zero-order chi connectivity index (χ0) is 16.2. The minimum absolute atomic E-state index is 0.0856. The molecule has 1 aromatic carbocycles. The van der Waals surface area contributed by atoms with Crippen LogP contribution in [0.5, 0.6) is 0 Å². The highest BCUT2D eigenvalue weighted by atomic mass is 16.4. The van der Waals surface area contributed by atoms with Gasteiger partial charge in [0.05, 0.1) is 12.8 Å². The Balaban J connectivity index is 1.63. The molecule has 120 valence electrons. The minimum Gasteiger partial charge on any atom is -0.481 e. The standard InChI is InChI=1S/C17H19N3O3/c21-16(8-12-4-1-2-5-13(12)9-17(22)23)18-15-10-14(19-20-15)11-6-3-7-11/h1-2,4-5,10-11H,3,6-9H2,(H,22,23)(H2,18,19,20,21). The second-order valence-corrected chi connectivity index (χ2v) is 5.90. The highest BCUT2D eigenvalue weighted by molar-refractivity contribution is 5.91. The van der Waals surface area contributed by atoms with Crippen molar-refractivity contribution in [3.8, 4) is 0 Å². The van der Waals surface area contributed by atoms with Crippen LogP contribution in [0.2, 0.25) is 0 Å². The Morgan fingerprint density at radius 3 is 2.52 bits per heavy atom. The highest BCUT2D eigenvalue weighted by Crippen LogP contribution is 2.35. The average molecular weight is 313 g/mol.